The van der Waals surface area contributed by atoms with Gasteiger partial charge in [0.05, 0.1) is 0 Å². The number of methoxy groups -OCH3 is 1. The third-order valence-electron chi connectivity index (χ3n) is 6.80. The zero-order valence-corrected chi connectivity index (χ0v) is 20.2. The van der Waals surface area contributed by atoms with Gasteiger partial charge in [0.25, 0.3) is 5.60 Å². The number of hydrogen-bond acceptors (Lipinski definition) is 4. The Labute approximate surface area is 209 Å². The minimum Gasteiger partial charge on any atom is -0.458 e. The van der Waals surface area contributed by atoms with Crippen LogP contribution in [0.1, 0.15) is 23.1 Å². The van der Waals surface area contributed by atoms with Crippen molar-refractivity contribution >= 4 is 5.97 Å². The molecule has 0 spiro atoms. The van der Waals surface area contributed by atoms with Gasteiger partial charge in [-0.1, -0.05) is 91.0 Å². The van der Waals surface area contributed by atoms with Crippen molar-refractivity contribution in [3.8, 4) is 0 Å². The van der Waals surface area contributed by atoms with E-state index in [-0.39, 0.29) is 11.5 Å². The number of esters is 1. The highest BCUT2D eigenvalue weighted by Gasteiger charge is 2.64. The van der Waals surface area contributed by atoms with Gasteiger partial charge >= 0.3 is 12.1 Å². The van der Waals surface area contributed by atoms with Crippen LogP contribution in [0.15, 0.2) is 91.0 Å². The van der Waals surface area contributed by atoms with Gasteiger partial charge in [0.2, 0.25) is 0 Å². The first-order valence-electron chi connectivity index (χ1n) is 12.0. The van der Waals surface area contributed by atoms with E-state index in [9.17, 15) is 18.0 Å². The molecule has 3 atom stereocenters. The summed E-state index contributed by atoms with van der Waals surface area (Å²) in [5, 5.41) is 0. The Hall–Kier alpha value is -3.16. The zero-order valence-electron chi connectivity index (χ0n) is 20.2. The van der Waals surface area contributed by atoms with E-state index in [0.29, 0.717) is 25.9 Å². The number of carbonyl (C=O) groups excluding carboxylic acids is 1. The minimum atomic E-state index is -5.01. The Kier molecular flexibility index (Phi) is 8.11. The molecule has 3 unspecified atom stereocenters. The third kappa shape index (κ3) is 5.63. The number of halogens is 3. The van der Waals surface area contributed by atoms with Crippen molar-refractivity contribution < 1.29 is 27.4 Å². The quantitative estimate of drug-likeness (QED) is 0.371. The number of rotatable bonds is 8. The molecular weight excluding hydrogens is 467 g/mol. The van der Waals surface area contributed by atoms with Crippen molar-refractivity contribution in [3.63, 3.8) is 0 Å². The van der Waals surface area contributed by atoms with E-state index in [1.807, 2.05) is 60.7 Å². The first-order chi connectivity index (χ1) is 17.3. The van der Waals surface area contributed by atoms with Crippen molar-refractivity contribution in [1.29, 1.82) is 0 Å². The van der Waals surface area contributed by atoms with Crippen molar-refractivity contribution in [2.45, 2.75) is 37.3 Å². The maximum absolute atomic E-state index is 14.4. The zero-order chi connectivity index (χ0) is 25.6. The number of likely N-dealkylation sites (tertiary alicyclic amines) is 1. The van der Waals surface area contributed by atoms with Gasteiger partial charge in [-0.2, -0.15) is 13.2 Å². The number of hydrogen-bond donors (Lipinski definition) is 0. The summed E-state index contributed by atoms with van der Waals surface area (Å²) in [7, 11) is 0.895. The fourth-order valence-corrected chi connectivity index (χ4v) is 4.91. The average molecular weight is 498 g/mol. The molecule has 0 aliphatic carbocycles. The minimum absolute atomic E-state index is 0.123. The molecular formula is C29H30F3NO3. The molecule has 7 heteroatoms. The molecule has 1 saturated heterocycles. The fraction of sp³-hybridized carbons (Fsp3) is 0.345. The first-order valence-corrected chi connectivity index (χ1v) is 12.0. The van der Waals surface area contributed by atoms with Crippen LogP contribution in [0.2, 0.25) is 0 Å². The molecule has 0 aromatic heterocycles. The lowest BCUT2D eigenvalue weighted by atomic mass is 9.87. The molecule has 3 aromatic carbocycles. The molecule has 4 rings (SSSR count). The van der Waals surface area contributed by atoms with Gasteiger partial charge in [-0.25, -0.2) is 4.79 Å². The summed E-state index contributed by atoms with van der Waals surface area (Å²) in [4.78, 5) is 15.5. The predicted octanol–water partition coefficient (Wildman–Crippen LogP) is 5.77. The van der Waals surface area contributed by atoms with Crippen LogP contribution >= 0.6 is 0 Å². The van der Waals surface area contributed by atoms with Crippen LogP contribution in [0.25, 0.3) is 0 Å². The van der Waals surface area contributed by atoms with Crippen molar-refractivity contribution in [2.75, 3.05) is 20.2 Å². The van der Waals surface area contributed by atoms with E-state index < -0.39 is 23.9 Å². The van der Waals surface area contributed by atoms with Crippen molar-refractivity contribution in [2.24, 2.45) is 5.92 Å². The Morgan fingerprint density at radius 2 is 1.44 bits per heavy atom. The van der Waals surface area contributed by atoms with Gasteiger partial charge in [0, 0.05) is 31.7 Å². The number of alkyl halides is 3. The Morgan fingerprint density at radius 3 is 2.00 bits per heavy atom. The highest BCUT2D eigenvalue weighted by molar-refractivity contribution is 5.83. The van der Waals surface area contributed by atoms with Crippen LogP contribution in [-0.4, -0.2) is 43.3 Å². The summed E-state index contributed by atoms with van der Waals surface area (Å²) >= 11 is 0. The second-order valence-electron chi connectivity index (χ2n) is 9.15. The van der Waals surface area contributed by atoms with E-state index >= 15 is 0 Å². The van der Waals surface area contributed by atoms with Crippen LogP contribution in [-0.2, 0) is 32.8 Å². The number of nitrogens with zero attached hydrogens (tertiary/aromatic N) is 1. The topological polar surface area (TPSA) is 38.8 Å². The van der Waals surface area contributed by atoms with Crippen LogP contribution in [0.5, 0.6) is 0 Å². The van der Waals surface area contributed by atoms with Crippen LogP contribution in [0.4, 0.5) is 13.2 Å². The maximum Gasteiger partial charge on any atom is 0.432 e. The highest BCUT2D eigenvalue weighted by Crippen LogP contribution is 2.43. The first kappa shape index (κ1) is 25.9. The van der Waals surface area contributed by atoms with Gasteiger partial charge in [-0.3, -0.25) is 4.90 Å². The Bertz CT molecular complexity index is 1110. The molecule has 0 N–H and O–H groups in total. The Balaban J connectivity index is 1.61. The lowest BCUT2D eigenvalue weighted by molar-refractivity contribution is -0.279. The van der Waals surface area contributed by atoms with Crippen molar-refractivity contribution in [3.05, 3.63) is 108 Å². The van der Waals surface area contributed by atoms with E-state index in [1.54, 1.807) is 6.07 Å². The van der Waals surface area contributed by atoms with Crippen LogP contribution in [0.3, 0.4) is 0 Å². The third-order valence-corrected chi connectivity index (χ3v) is 6.80. The molecule has 0 saturated carbocycles. The summed E-state index contributed by atoms with van der Waals surface area (Å²) in [5.41, 5.74) is -1.36. The second-order valence-corrected chi connectivity index (χ2v) is 9.15. The largest absolute Gasteiger partial charge is 0.458 e. The molecule has 0 bridgehead atoms. The number of piperidine rings is 1. The van der Waals surface area contributed by atoms with E-state index in [1.165, 1.54) is 24.3 Å². The average Bonchev–Trinajstić information content (AvgIpc) is 2.87. The standard InChI is InChI=1S/C29H30F3NO3/c1-35-28(29(30,31)32,25-15-9-4-10-16-25)27(34)36-26-21-33(20-23-13-7-3-8-14-23)18-17-24(26)19-22-11-5-2-6-12-22/h2-16,24,26H,17-21H2,1H3. The van der Waals surface area contributed by atoms with E-state index in [2.05, 4.69) is 4.90 Å². The van der Waals surface area contributed by atoms with Crippen molar-refractivity contribution in [1.82, 2.24) is 4.90 Å². The van der Waals surface area contributed by atoms with Crippen LogP contribution in [0, 0.1) is 5.92 Å². The number of ether oxygens (including phenoxy) is 2. The summed E-state index contributed by atoms with van der Waals surface area (Å²) < 4.78 is 54.0. The van der Waals surface area contributed by atoms with E-state index in [4.69, 9.17) is 9.47 Å². The molecule has 190 valence electrons. The normalized spacial score (nSPS) is 20.4. The highest BCUT2D eigenvalue weighted by atomic mass is 19.4. The van der Waals surface area contributed by atoms with Gasteiger partial charge in [-0.05, 0) is 30.5 Å². The monoisotopic (exact) mass is 497 g/mol. The molecule has 36 heavy (non-hydrogen) atoms. The second kappa shape index (κ2) is 11.3. The molecule has 0 radical (unpaired) electrons. The maximum atomic E-state index is 14.4. The van der Waals surface area contributed by atoms with Gasteiger partial charge < -0.3 is 9.47 Å². The van der Waals surface area contributed by atoms with Gasteiger partial charge in [0.15, 0.2) is 0 Å². The lowest BCUT2D eigenvalue weighted by Gasteiger charge is -2.40. The summed E-state index contributed by atoms with van der Waals surface area (Å²) in [6, 6.07) is 26.5. The molecule has 0 amide bonds. The molecule has 1 aliphatic rings. The lowest BCUT2D eigenvalue weighted by Crippen LogP contribution is -2.55. The van der Waals surface area contributed by atoms with Gasteiger partial charge in [-0.15, -0.1) is 0 Å². The molecule has 1 aliphatic heterocycles. The number of carbonyl (C=O) groups is 1. The van der Waals surface area contributed by atoms with E-state index in [0.717, 1.165) is 24.8 Å². The molecule has 4 nitrogen and oxygen atoms in total. The number of benzene rings is 3. The summed E-state index contributed by atoms with van der Waals surface area (Å²) in [5.74, 6) is -1.56. The SMILES string of the molecule is COC(C(=O)OC1CN(Cc2ccccc2)CCC1Cc1ccccc1)(c1ccccc1)C(F)(F)F. The predicted molar refractivity (Wildman–Crippen MR) is 131 cm³/mol. The molecule has 3 aromatic rings. The molecule has 1 heterocycles. The van der Waals surface area contributed by atoms with Crippen LogP contribution < -0.4 is 0 Å². The van der Waals surface area contributed by atoms with Gasteiger partial charge in [0.1, 0.15) is 6.10 Å². The summed E-state index contributed by atoms with van der Waals surface area (Å²) in [6.45, 7) is 1.72. The molecule has 1 fully saturated rings. The fourth-order valence-electron chi connectivity index (χ4n) is 4.91. The summed E-state index contributed by atoms with van der Waals surface area (Å²) in [6.07, 6.45) is -4.43. The smallest absolute Gasteiger partial charge is 0.432 e. The Morgan fingerprint density at radius 1 is 0.889 bits per heavy atom.